The molecule has 0 bridgehead atoms. The Balaban J connectivity index is 1.64. The van der Waals surface area contributed by atoms with Crippen LogP contribution in [0.25, 0.3) is 0 Å². The maximum absolute atomic E-state index is 12.9. The molecule has 2 aromatic carbocycles. The van der Waals surface area contributed by atoms with Gasteiger partial charge in [0.05, 0.1) is 12.5 Å². The lowest BCUT2D eigenvalue weighted by atomic mass is 9.91. The van der Waals surface area contributed by atoms with Gasteiger partial charge in [-0.05, 0) is 36.1 Å². The van der Waals surface area contributed by atoms with E-state index >= 15 is 0 Å². The molecule has 4 rings (SSSR count). The molecule has 3 heteroatoms. The SMILES string of the molecule is COc1ccc([C@@H]2C[C@]23CSc2ccccc2C3=O)cc1. The van der Waals surface area contributed by atoms with Gasteiger partial charge < -0.3 is 4.74 Å². The summed E-state index contributed by atoms with van der Waals surface area (Å²) in [5.74, 6) is 2.46. The largest absolute Gasteiger partial charge is 0.497 e. The van der Waals surface area contributed by atoms with Gasteiger partial charge in [0, 0.05) is 16.2 Å². The van der Waals surface area contributed by atoms with Crippen molar-refractivity contribution in [3.8, 4) is 5.75 Å². The number of Topliss-reactive ketones (excluding diaryl/α,β-unsaturated/α-hetero) is 1. The Kier molecular flexibility index (Phi) is 2.86. The zero-order valence-electron chi connectivity index (χ0n) is 11.8. The van der Waals surface area contributed by atoms with Crippen molar-refractivity contribution in [2.45, 2.75) is 17.2 Å². The number of thioether (sulfide) groups is 1. The van der Waals surface area contributed by atoms with E-state index in [1.54, 1.807) is 7.11 Å². The lowest BCUT2D eigenvalue weighted by molar-refractivity contribution is 0.0905. The lowest BCUT2D eigenvalue weighted by Crippen LogP contribution is -2.25. The third-order valence-corrected chi connectivity index (χ3v) is 5.99. The number of ketones is 1. The third kappa shape index (κ3) is 1.91. The molecule has 1 aliphatic heterocycles. The van der Waals surface area contributed by atoms with Crippen molar-refractivity contribution in [3.05, 3.63) is 59.7 Å². The maximum Gasteiger partial charge on any atom is 0.171 e. The van der Waals surface area contributed by atoms with E-state index in [1.165, 1.54) is 5.56 Å². The first-order valence-corrected chi connectivity index (χ1v) is 8.14. The molecule has 0 aromatic heterocycles. The number of benzene rings is 2. The number of hydrogen-bond acceptors (Lipinski definition) is 3. The van der Waals surface area contributed by atoms with Crippen molar-refractivity contribution in [3.63, 3.8) is 0 Å². The minimum atomic E-state index is -0.173. The van der Waals surface area contributed by atoms with Crippen LogP contribution in [0.4, 0.5) is 0 Å². The molecule has 0 saturated heterocycles. The van der Waals surface area contributed by atoms with Gasteiger partial charge in [-0.2, -0.15) is 0 Å². The second-order valence-corrected chi connectivity index (χ2v) is 6.82. The smallest absolute Gasteiger partial charge is 0.171 e. The molecule has 1 spiro atoms. The molecule has 1 heterocycles. The fraction of sp³-hybridized carbons (Fsp3) is 0.278. The van der Waals surface area contributed by atoms with Gasteiger partial charge in [0.1, 0.15) is 5.75 Å². The Hall–Kier alpha value is -1.74. The van der Waals surface area contributed by atoms with Crippen molar-refractivity contribution in [2.75, 3.05) is 12.9 Å². The van der Waals surface area contributed by atoms with Crippen LogP contribution >= 0.6 is 11.8 Å². The molecular weight excluding hydrogens is 280 g/mol. The Labute approximate surface area is 128 Å². The van der Waals surface area contributed by atoms with Crippen LogP contribution < -0.4 is 4.74 Å². The van der Waals surface area contributed by atoms with Gasteiger partial charge in [0.2, 0.25) is 0 Å². The molecule has 0 unspecified atom stereocenters. The summed E-state index contributed by atoms with van der Waals surface area (Å²) in [6, 6.07) is 16.1. The molecule has 1 saturated carbocycles. The van der Waals surface area contributed by atoms with Crippen LogP contribution in [0, 0.1) is 5.41 Å². The molecule has 0 amide bonds. The van der Waals surface area contributed by atoms with E-state index in [0.717, 1.165) is 28.4 Å². The lowest BCUT2D eigenvalue weighted by Gasteiger charge is -2.23. The molecule has 1 aliphatic carbocycles. The predicted molar refractivity (Wildman–Crippen MR) is 84.3 cm³/mol. The quantitative estimate of drug-likeness (QED) is 0.832. The van der Waals surface area contributed by atoms with E-state index in [1.807, 2.05) is 42.1 Å². The highest BCUT2D eigenvalue weighted by Crippen LogP contribution is 2.65. The summed E-state index contributed by atoms with van der Waals surface area (Å²) in [5.41, 5.74) is 1.99. The Morgan fingerprint density at radius 2 is 1.90 bits per heavy atom. The molecule has 2 atom stereocenters. The van der Waals surface area contributed by atoms with Crippen LogP contribution in [0.1, 0.15) is 28.3 Å². The van der Waals surface area contributed by atoms with Crippen LogP contribution in [-0.2, 0) is 0 Å². The number of rotatable bonds is 2. The van der Waals surface area contributed by atoms with Gasteiger partial charge in [0.15, 0.2) is 5.78 Å². The van der Waals surface area contributed by atoms with Crippen LogP contribution in [0.2, 0.25) is 0 Å². The van der Waals surface area contributed by atoms with Gasteiger partial charge in [-0.25, -0.2) is 0 Å². The summed E-state index contributed by atoms with van der Waals surface area (Å²) in [5, 5.41) is 0. The van der Waals surface area contributed by atoms with E-state index in [-0.39, 0.29) is 5.41 Å². The minimum Gasteiger partial charge on any atom is -0.497 e. The zero-order chi connectivity index (χ0) is 14.4. The van der Waals surface area contributed by atoms with E-state index in [0.29, 0.717) is 11.7 Å². The molecule has 21 heavy (non-hydrogen) atoms. The number of fused-ring (bicyclic) bond motifs is 1. The highest BCUT2D eigenvalue weighted by molar-refractivity contribution is 7.99. The molecule has 2 aromatic rings. The summed E-state index contributed by atoms with van der Waals surface area (Å²) in [7, 11) is 1.67. The zero-order valence-corrected chi connectivity index (χ0v) is 12.7. The first-order valence-electron chi connectivity index (χ1n) is 7.15. The van der Waals surface area contributed by atoms with Crippen molar-refractivity contribution in [1.82, 2.24) is 0 Å². The molecule has 1 fully saturated rings. The fourth-order valence-electron chi connectivity index (χ4n) is 3.31. The standard InChI is InChI=1S/C18H16O2S/c1-20-13-8-6-12(7-9-13)15-10-18(15)11-21-16-5-3-2-4-14(16)17(18)19/h2-9,15H,10-11H2,1H3/t15-,18-/m0/s1. The van der Waals surface area contributed by atoms with Gasteiger partial charge in [-0.15, -0.1) is 11.8 Å². The van der Waals surface area contributed by atoms with Gasteiger partial charge >= 0.3 is 0 Å². The Morgan fingerprint density at radius 1 is 1.14 bits per heavy atom. The molecule has 106 valence electrons. The summed E-state index contributed by atoms with van der Waals surface area (Å²) in [6.45, 7) is 0. The van der Waals surface area contributed by atoms with Crippen molar-refractivity contribution >= 4 is 17.5 Å². The molecule has 0 N–H and O–H groups in total. The van der Waals surface area contributed by atoms with Crippen LogP contribution in [0.3, 0.4) is 0 Å². The number of ether oxygens (including phenoxy) is 1. The first-order chi connectivity index (χ1) is 10.2. The van der Waals surface area contributed by atoms with Gasteiger partial charge in [-0.1, -0.05) is 30.3 Å². The van der Waals surface area contributed by atoms with Crippen molar-refractivity contribution < 1.29 is 9.53 Å². The van der Waals surface area contributed by atoms with Gasteiger partial charge in [0.25, 0.3) is 0 Å². The molecule has 2 aliphatic rings. The summed E-state index contributed by atoms with van der Waals surface area (Å²) in [4.78, 5) is 14.0. The maximum atomic E-state index is 12.9. The molecule has 0 radical (unpaired) electrons. The molecule has 2 nitrogen and oxygen atoms in total. The highest BCUT2D eigenvalue weighted by atomic mass is 32.2. The topological polar surface area (TPSA) is 26.3 Å². The minimum absolute atomic E-state index is 0.173. The van der Waals surface area contributed by atoms with Crippen LogP contribution in [0.15, 0.2) is 53.4 Å². The monoisotopic (exact) mass is 296 g/mol. The van der Waals surface area contributed by atoms with Gasteiger partial charge in [-0.3, -0.25) is 4.79 Å². The van der Waals surface area contributed by atoms with E-state index < -0.39 is 0 Å². The van der Waals surface area contributed by atoms with Crippen molar-refractivity contribution in [1.29, 1.82) is 0 Å². The van der Waals surface area contributed by atoms with Crippen LogP contribution in [0.5, 0.6) is 5.75 Å². The third-order valence-electron chi connectivity index (χ3n) is 4.66. The predicted octanol–water partition coefficient (Wildman–Crippen LogP) is 4.16. The number of carbonyl (C=O) groups is 1. The molecular formula is C18H16O2S. The summed E-state index contributed by atoms with van der Waals surface area (Å²) in [6.07, 6.45) is 0.972. The summed E-state index contributed by atoms with van der Waals surface area (Å²) < 4.78 is 5.20. The second-order valence-electron chi connectivity index (χ2n) is 5.80. The second kappa shape index (κ2) is 4.63. The van der Waals surface area contributed by atoms with E-state index in [2.05, 4.69) is 18.2 Å². The first kappa shape index (κ1) is 13.0. The Bertz CT molecular complexity index is 707. The van der Waals surface area contributed by atoms with E-state index in [4.69, 9.17) is 4.74 Å². The Morgan fingerprint density at radius 3 is 2.67 bits per heavy atom. The normalized spacial score (nSPS) is 26.5. The van der Waals surface area contributed by atoms with E-state index in [9.17, 15) is 4.79 Å². The van der Waals surface area contributed by atoms with Crippen LogP contribution in [-0.4, -0.2) is 18.6 Å². The number of carbonyl (C=O) groups excluding carboxylic acids is 1. The fourth-order valence-corrected chi connectivity index (χ4v) is 4.66. The summed E-state index contributed by atoms with van der Waals surface area (Å²) >= 11 is 1.82. The average Bonchev–Trinajstić information content (AvgIpc) is 3.27. The average molecular weight is 296 g/mol. The number of hydrogen-bond donors (Lipinski definition) is 0. The van der Waals surface area contributed by atoms with Crippen molar-refractivity contribution in [2.24, 2.45) is 5.41 Å². The highest BCUT2D eigenvalue weighted by Gasteiger charge is 2.61. The number of methoxy groups -OCH3 is 1.